The molecule has 20 rings (SSSR count). The van der Waals surface area contributed by atoms with Crippen molar-refractivity contribution in [3.8, 4) is 45.0 Å². The molecule has 0 atom stereocenters. The zero-order valence-electron chi connectivity index (χ0n) is 73.8. The van der Waals surface area contributed by atoms with Crippen LogP contribution in [0.5, 0.6) is 0 Å². The maximum atomic E-state index is 12.7. The van der Waals surface area contributed by atoms with Gasteiger partial charge in [-0.3, -0.25) is 18.6 Å². The number of nitrogens with zero attached hydrogens (tertiary/aromatic N) is 16. The molecule has 14 aromatic rings. The molecular formula is C99H105BClIN20O7. The van der Waals surface area contributed by atoms with Crippen molar-refractivity contribution in [2.45, 2.75) is 66.4 Å². The van der Waals surface area contributed by atoms with Gasteiger partial charge in [0.1, 0.15) is 22.4 Å². The topological polar surface area (TPSA) is 316 Å². The highest BCUT2D eigenvalue weighted by Gasteiger charge is 2.25. The van der Waals surface area contributed by atoms with E-state index in [9.17, 15) is 4.79 Å². The molecule has 7 aromatic carbocycles. The zero-order chi connectivity index (χ0) is 90.2. The molecule has 0 saturated carbocycles. The highest BCUT2D eigenvalue weighted by molar-refractivity contribution is 14.1. The van der Waals surface area contributed by atoms with Crippen LogP contribution >= 0.6 is 34.2 Å². The number of hydrogen-bond donors (Lipinski definition) is 6. The van der Waals surface area contributed by atoms with Crippen molar-refractivity contribution in [1.82, 2.24) is 63.8 Å². The van der Waals surface area contributed by atoms with Crippen molar-refractivity contribution in [2.75, 3.05) is 116 Å². The number of halogens is 2. The van der Waals surface area contributed by atoms with Gasteiger partial charge in [0.15, 0.2) is 0 Å². The fourth-order valence-corrected chi connectivity index (χ4v) is 15.9. The molecule has 0 bridgehead atoms. The zero-order valence-corrected chi connectivity index (χ0v) is 76.7. The van der Waals surface area contributed by atoms with E-state index in [4.69, 9.17) is 77.0 Å². The van der Waals surface area contributed by atoms with Crippen LogP contribution in [0.1, 0.15) is 68.2 Å². The van der Waals surface area contributed by atoms with Gasteiger partial charge in [0.05, 0.1) is 96.0 Å². The van der Waals surface area contributed by atoms with Crippen molar-refractivity contribution >= 4 is 143 Å². The minimum atomic E-state index is -1.26. The standard InChI is InChI=1S/C32H35N7O3.C28H28N6O.C17H18ClN5O.C11H11N.C6H6IN.C5H7BO2/c1-21-25-13-10-23(19-28(25)37(5)36-21)26-20-29(35-30(34-26)38-15-17-41-18-16-38)33-24-11-8-22(9-12-24)27-7-6-14-39(27)31(40)42-32(2,3)4;1-19-24-12-9-22(17-26(24)33(2)32-19)25-18-27(31-28(30-25)34-13-15-35-16-14-34)29-23-10-7-21(8-11-23)20-5-3-4-6-20;1-11-13-4-3-12(9-15(13)22(2)21-11)14-10-16(18)20-17(19-14)23-5-7-24-8-6-23;12-11-7-5-10(6-8-11)9-3-1-2-4-9;7-5-1-3-6(8)4-2-5;7-6(8)5-3-1-2-4-5/h6-14,19-20H,15-18H2,1-5H3,(H,33,34,35);3-5,7-12,17-18H,6,13-16H2,1-2H3,(H,29,30,31);3-4,9-10H,5-8H2,1-2H3;1-3,5-8H,4,12H2;1-4H,8H2;1-3,7-8H,4H2. The summed E-state index contributed by atoms with van der Waals surface area (Å²) in [7, 11) is 4.63. The third-order valence-electron chi connectivity index (χ3n) is 22.1. The maximum absolute atomic E-state index is 12.7. The first kappa shape index (κ1) is 90.6. The molecule has 0 unspecified atom stereocenters. The number of carbonyl (C=O) groups excluding carboxylic acids is 1. The summed E-state index contributed by atoms with van der Waals surface area (Å²) in [6.45, 7) is 20.2. The predicted octanol–water partition coefficient (Wildman–Crippen LogP) is 18.6. The maximum Gasteiger partial charge on any atom is 0.484 e. The SMILES string of the molecule is Cc1nn(C)c2cc(-c3cc(Cl)nc(N4CCOCC4)n3)ccc12.Cc1nn(C)c2cc(-c3cc(Nc4ccc(-c5cccn5C(=O)OC(C)(C)C)cc4)nc(N4CCOCC4)n3)ccc12.Cc1nn(C)c2cc(-c3cc(Nc4ccc(C5=CC=CC5)cc4)nc(N4CCOCC4)n3)ccc12.Nc1ccc(C2=CC=CC2)cc1.Nc1ccc(I)cc1.OB(O)C1=CC=CC1. The second kappa shape index (κ2) is 41.8. The summed E-state index contributed by atoms with van der Waals surface area (Å²) >= 11 is 8.49. The van der Waals surface area contributed by atoms with Gasteiger partial charge in [0, 0.05) is 144 Å². The number of nitrogen functional groups attached to an aromatic ring is 2. The molecule has 0 amide bonds. The molecule has 30 heteroatoms. The van der Waals surface area contributed by atoms with Gasteiger partial charge in [-0.1, -0.05) is 139 Å². The van der Waals surface area contributed by atoms with E-state index in [0.717, 1.165) is 175 Å². The number of nitrogens with one attached hydrogen (secondary N) is 2. The van der Waals surface area contributed by atoms with Gasteiger partial charge in [0.25, 0.3) is 0 Å². The van der Waals surface area contributed by atoms with E-state index in [1.54, 1.807) is 18.3 Å². The van der Waals surface area contributed by atoms with Crippen molar-refractivity contribution in [3.63, 3.8) is 0 Å². The first-order valence-corrected chi connectivity index (χ1v) is 44.4. The van der Waals surface area contributed by atoms with Crippen LogP contribution in [-0.4, -0.2) is 172 Å². The van der Waals surface area contributed by atoms with Gasteiger partial charge in [-0.05, 0) is 208 Å². The van der Waals surface area contributed by atoms with E-state index in [0.29, 0.717) is 80.4 Å². The number of fused-ring (bicyclic) bond motifs is 3. The number of aromatic nitrogens is 13. The van der Waals surface area contributed by atoms with Gasteiger partial charge in [-0.25, -0.2) is 24.7 Å². The normalized spacial score (nSPS) is 14.6. The number of ether oxygens (including phenoxy) is 4. The fraction of sp³-hybridized carbons (Fsp3) is 0.253. The number of hydrogen-bond acceptors (Lipinski definition) is 23. The Hall–Kier alpha value is -13.1. The number of allylic oxidation sites excluding steroid dienone is 12. The van der Waals surface area contributed by atoms with Crippen LogP contribution in [0.2, 0.25) is 5.15 Å². The summed E-state index contributed by atoms with van der Waals surface area (Å²) in [5, 5.41) is 41.4. The Balaban J connectivity index is 0.000000131. The highest BCUT2D eigenvalue weighted by Crippen LogP contribution is 2.36. The molecule has 3 aliphatic carbocycles. The summed E-state index contributed by atoms with van der Waals surface area (Å²) in [4.78, 5) is 47.9. The molecule has 10 heterocycles. The predicted molar refractivity (Wildman–Crippen MR) is 528 cm³/mol. The van der Waals surface area contributed by atoms with Crippen LogP contribution in [0.25, 0.3) is 88.9 Å². The van der Waals surface area contributed by atoms with E-state index < -0.39 is 18.8 Å². The quantitative estimate of drug-likeness (QED) is 0.0255. The molecule has 7 aromatic heterocycles. The Morgan fingerprint density at radius 1 is 0.465 bits per heavy atom. The molecule has 660 valence electrons. The van der Waals surface area contributed by atoms with Gasteiger partial charge < -0.3 is 65.8 Å². The monoisotopic (exact) mass is 1860 g/mol. The Morgan fingerprint density at radius 3 is 1.21 bits per heavy atom. The van der Waals surface area contributed by atoms with E-state index in [1.807, 2.05) is 174 Å². The smallest absolute Gasteiger partial charge is 0.443 e. The average molecular weight is 1860 g/mol. The van der Waals surface area contributed by atoms with Gasteiger partial charge in [-0.15, -0.1) is 0 Å². The summed E-state index contributed by atoms with van der Waals surface area (Å²) < 4.78 is 30.5. The number of rotatable bonds is 14. The lowest BCUT2D eigenvalue weighted by molar-refractivity contribution is 0.0540. The Labute approximate surface area is 769 Å². The highest BCUT2D eigenvalue weighted by atomic mass is 127. The van der Waals surface area contributed by atoms with Gasteiger partial charge >= 0.3 is 13.2 Å². The van der Waals surface area contributed by atoms with Crippen LogP contribution in [0.3, 0.4) is 0 Å². The van der Waals surface area contributed by atoms with Crippen LogP contribution in [0.15, 0.2) is 248 Å². The molecule has 3 aliphatic heterocycles. The molecule has 8 N–H and O–H groups in total. The minimum absolute atomic E-state index is 0.409. The van der Waals surface area contributed by atoms with E-state index >= 15 is 0 Å². The van der Waals surface area contributed by atoms with Gasteiger partial charge in [0.2, 0.25) is 17.8 Å². The Bertz CT molecular complexity index is 6480. The van der Waals surface area contributed by atoms with Crippen molar-refractivity contribution in [1.29, 1.82) is 0 Å². The Kier molecular flexibility index (Phi) is 29.3. The number of carbonyl (C=O) groups is 1. The summed E-state index contributed by atoms with van der Waals surface area (Å²) in [5.74, 6) is 3.49. The summed E-state index contributed by atoms with van der Waals surface area (Å²) in [5.41, 5.74) is 33.3. The van der Waals surface area contributed by atoms with Crippen molar-refractivity contribution < 1.29 is 33.8 Å². The summed E-state index contributed by atoms with van der Waals surface area (Å²) in [6.07, 6.45) is 22.3. The minimum Gasteiger partial charge on any atom is -0.443 e. The molecule has 0 spiro atoms. The largest absolute Gasteiger partial charge is 0.484 e. The molecule has 129 heavy (non-hydrogen) atoms. The third kappa shape index (κ3) is 23.4. The lowest BCUT2D eigenvalue weighted by Crippen LogP contribution is -2.37. The van der Waals surface area contributed by atoms with E-state index in [2.05, 4.69) is 196 Å². The first-order chi connectivity index (χ1) is 62.3. The van der Waals surface area contributed by atoms with E-state index in [-0.39, 0.29) is 0 Å². The molecule has 3 saturated heterocycles. The number of aryl methyl sites for hydroxylation is 6. The second-order valence-electron chi connectivity index (χ2n) is 32.6. The second-order valence-corrected chi connectivity index (χ2v) is 34.2. The molecule has 6 aliphatic rings. The van der Waals surface area contributed by atoms with E-state index in [1.165, 1.54) is 30.4 Å². The summed E-state index contributed by atoms with van der Waals surface area (Å²) in [6, 6.07) is 60.6. The molecular weight excluding hydrogens is 1750 g/mol. The lowest BCUT2D eigenvalue weighted by atomic mass is 9.79. The Morgan fingerprint density at radius 2 is 0.837 bits per heavy atom. The molecule has 3 fully saturated rings. The first-order valence-electron chi connectivity index (χ1n) is 42.9. The number of morpholine rings is 3. The molecule has 0 radical (unpaired) electrons. The van der Waals surface area contributed by atoms with Crippen LogP contribution in [0, 0.1) is 24.3 Å². The lowest BCUT2D eigenvalue weighted by Gasteiger charge is -2.27. The number of anilines is 9. The fourth-order valence-electron chi connectivity index (χ4n) is 15.4. The number of benzene rings is 7. The average Bonchev–Trinajstić information content (AvgIpc) is 1.73. The van der Waals surface area contributed by atoms with Crippen LogP contribution < -0.4 is 36.8 Å². The molecule has 27 nitrogen and oxygen atoms in total. The third-order valence-corrected chi connectivity index (χ3v) is 23.0. The van der Waals surface area contributed by atoms with Crippen LogP contribution in [0.4, 0.5) is 57.0 Å². The van der Waals surface area contributed by atoms with Crippen molar-refractivity contribution in [3.05, 3.63) is 285 Å². The van der Waals surface area contributed by atoms with Gasteiger partial charge in [-0.2, -0.15) is 25.3 Å². The number of nitrogens with two attached hydrogens (primary N) is 2. The van der Waals surface area contributed by atoms with Crippen LogP contribution in [-0.2, 0) is 40.1 Å². The van der Waals surface area contributed by atoms with Crippen molar-refractivity contribution in [2.24, 2.45) is 21.1 Å².